The van der Waals surface area contributed by atoms with Crippen molar-refractivity contribution in [2.45, 2.75) is 19.3 Å². The fourth-order valence-electron chi connectivity index (χ4n) is 0.225. The van der Waals surface area contributed by atoms with E-state index < -0.39 is 18.5 Å². The number of aliphatic hydroxyl groups is 2. The Balaban J connectivity index is 3.57. The first kappa shape index (κ1) is 9.15. The summed E-state index contributed by atoms with van der Waals surface area (Å²) in [5, 5.41) is 17.1. The van der Waals surface area contributed by atoms with Gasteiger partial charge in [0, 0.05) is 0 Å². The van der Waals surface area contributed by atoms with Crippen molar-refractivity contribution in [3.05, 3.63) is 0 Å². The predicted octanol–water partition coefficient (Wildman–Crippen LogP) is -1.29. The molecule has 0 aromatic heterocycles. The first-order valence-electron chi connectivity index (χ1n) is 2.51. The van der Waals surface area contributed by atoms with Crippen molar-refractivity contribution >= 4 is 6.16 Å². The van der Waals surface area contributed by atoms with Crippen molar-refractivity contribution < 1.29 is 24.6 Å². The molecule has 0 aliphatic heterocycles. The SMILES string of the molecule is CC(O)C(O)OC(=O)ON. The van der Waals surface area contributed by atoms with Crippen LogP contribution in [-0.4, -0.2) is 28.8 Å². The number of hydrogen-bond acceptors (Lipinski definition) is 6. The summed E-state index contributed by atoms with van der Waals surface area (Å²) in [6.45, 7) is 1.24. The molecule has 0 rings (SSSR count). The summed E-state index contributed by atoms with van der Waals surface area (Å²) in [6, 6.07) is 0. The molecule has 0 amide bonds. The standard InChI is InChI=1S/C4H9NO5/c1-2(6)3(7)9-4(8)10-5/h2-3,6-7H,5H2,1H3. The van der Waals surface area contributed by atoms with Gasteiger partial charge in [0.2, 0.25) is 6.29 Å². The van der Waals surface area contributed by atoms with Crippen LogP contribution in [0.5, 0.6) is 0 Å². The third kappa shape index (κ3) is 3.23. The Morgan fingerprint density at radius 3 is 2.40 bits per heavy atom. The molecule has 0 spiro atoms. The molecule has 4 N–H and O–H groups in total. The molecule has 6 nitrogen and oxygen atoms in total. The number of carbonyl (C=O) groups excluding carboxylic acids is 1. The molecule has 2 unspecified atom stereocenters. The van der Waals surface area contributed by atoms with E-state index in [1.165, 1.54) is 6.92 Å². The molecule has 0 aliphatic carbocycles. The highest BCUT2D eigenvalue weighted by atomic mass is 16.8. The van der Waals surface area contributed by atoms with Gasteiger partial charge in [-0.05, 0) is 6.92 Å². The zero-order valence-corrected chi connectivity index (χ0v) is 5.35. The van der Waals surface area contributed by atoms with E-state index in [9.17, 15) is 4.79 Å². The molecular weight excluding hydrogens is 142 g/mol. The Hall–Kier alpha value is -0.850. The molecule has 10 heavy (non-hydrogen) atoms. The third-order valence-corrected chi connectivity index (χ3v) is 0.726. The summed E-state index contributed by atoms with van der Waals surface area (Å²) in [6.07, 6.45) is -4.01. The summed E-state index contributed by atoms with van der Waals surface area (Å²) in [5.74, 6) is 4.35. The second-order valence-electron chi connectivity index (χ2n) is 1.62. The van der Waals surface area contributed by atoms with E-state index in [0.29, 0.717) is 0 Å². The lowest BCUT2D eigenvalue weighted by Crippen LogP contribution is -2.29. The molecule has 0 saturated carbocycles. The molecule has 0 fully saturated rings. The lowest BCUT2D eigenvalue weighted by Gasteiger charge is -2.11. The molecule has 2 atom stereocenters. The Morgan fingerprint density at radius 2 is 2.10 bits per heavy atom. The first-order chi connectivity index (χ1) is 4.57. The average molecular weight is 151 g/mol. The van der Waals surface area contributed by atoms with Crippen molar-refractivity contribution in [1.82, 2.24) is 0 Å². The highest BCUT2D eigenvalue weighted by Gasteiger charge is 2.16. The van der Waals surface area contributed by atoms with Gasteiger partial charge in [-0.15, -0.1) is 0 Å². The number of nitrogens with two attached hydrogens (primary N) is 1. The van der Waals surface area contributed by atoms with Crippen LogP contribution in [-0.2, 0) is 9.57 Å². The Morgan fingerprint density at radius 1 is 1.60 bits per heavy atom. The van der Waals surface area contributed by atoms with Crippen molar-refractivity contribution in [1.29, 1.82) is 0 Å². The number of carbonyl (C=O) groups is 1. The average Bonchev–Trinajstić information content (AvgIpc) is 1.87. The van der Waals surface area contributed by atoms with Crippen LogP contribution in [0.1, 0.15) is 6.92 Å². The zero-order chi connectivity index (χ0) is 8.15. The smallest absolute Gasteiger partial charge is 0.400 e. The minimum Gasteiger partial charge on any atom is -0.400 e. The largest absolute Gasteiger partial charge is 0.529 e. The Bertz CT molecular complexity index is 114. The van der Waals surface area contributed by atoms with Gasteiger partial charge in [-0.3, -0.25) is 0 Å². The van der Waals surface area contributed by atoms with Crippen LogP contribution in [0, 0.1) is 0 Å². The molecule has 0 aromatic rings. The summed E-state index contributed by atoms with van der Waals surface area (Å²) >= 11 is 0. The van der Waals surface area contributed by atoms with Gasteiger partial charge in [0.1, 0.15) is 6.10 Å². The summed E-state index contributed by atoms with van der Waals surface area (Å²) in [7, 11) is 0. The molecular formula is C4H9NO5. The quantitative estimate of drug-likeness (QED) is 0.258. The van der Waals surface area contributed by atoms with E-state index in [0.717, 1.165) is 0 Å². The molecule has 0 saturated heterocycles. The van der Waals surface area contributed by atoms with Crippen LogP contribution in [0.15, 0.2) is 0 Å². The maximum atomic E-state index is 10.1. The summed E-state index contributed by atoms with van der Waals surface area (Å²) in [4.78, 5) is 13.6. The van der Waals surface area contributed by atoms with Crippen LogP contribution in [0.3, 0.4) is 0 Å². The van der Waals surface area contributed by atoms with Gasteiger partial charge in [-0.2, -0.15) is 5.90 Å². The van der Waals surface area contributed by atoms with Crippen LogP contribution < -0.4 is 5.90 Å². The van der Waals surface area contributed by atoms with Gasteiger partial charge in [0.05, 0.1) is 0 Å². The lowest BCUT2D eigenvalue weighted by atomic mass is 10.4. The van der Waals surface area contributed by atoms with Gasteiger partial charge in [0.15, 0.2) is 0 Å². The highest BCUT2D eigenvalue weighted by Crippen LogP contribution is 1.94. The van der Waals surface area contributed by atoms with Gasteiger partial charge >= 0.3 is 6.16 Å². The molecule has 0 bridgehead atoms. The molecule has 0 aliphatic rings. The first-order valence-corrected chi connectivity index (χ1v) is 2.51. The number of hydrogen-bond donors (Lipinski definition) is 3. The maximum Gasteiger partial charge on any atom is 0.529 e. The van der Waals surface area contributed by atoms with Gasteiger partial charge in [-0.1, -0.05) is 0 Å². The second-order valence-corrected chi connectivity index (χ2v) is 1.62. The minimum absolute atomic E-state index is 1.17. The van der Waals surface area contributed by atoms with Crippen LogP contribution >= 0.6 is 0 Å². The zero-order valence-electron chi connectivity index (χ0n) is 5.35. The fraction of sp³-hybridized carbons (Fsp3) is 0.750. The van der Waals surface area contributed by atoms with E-state index in [4.69, 9.17) is 10.2 Å². The van der Waals surface area contributed by atoms with Crippen molar-refractivity contribution in [3.63, 3.8) is 0 Å². The number of ether oxygens (including phenoxy) is 1. The second kappa shape index (κ2) is 4.04. The maximum absolute atomic E-state index is 10.1. The van der Waals surface area contributed by atoms with E-state index in [2.05, 4.69) is 15.5 Å². The van der Waals surface area contributed by atoms with E-state index in [1.807, 2.05) is 0 Å². The van der Waals surface area contributed by atoms with Gasteiger partial charge in [-0.25, -0.2) is 4.79 Å². The van der Waals surface area contributed by atoms with Crippen LogP contribution in [0.25, 0.3) is 0 Å². The van der Waals surface area contributed by atoms with Crippen LogP contribution in [0.4, 0.5) is 4.79 Å². The molecule has 0 heterocycles. The highest BCUT2D eigenvalue weighted by molar-refractivity contribution is 5.59. The van der Waals surface area contributed by atoms with Crippen molar-refractivity contribution in [2.75, 3.05) is 0 Å². The normalized spacial score (nSPS) is 15.6. The predicted molar refractivity (Wildman–Crippen MR) is 29.4 cm³/mol. The minimum atomic E-state index is -1.60. The Kier molecular flexibility index (Phi) is 3.70. The summed E-state index contributed by atoms with van der Waals surface area (Å²) < 4.78 is 3.98. The molecule has 60 valence electrons. The number of rotatable bonds is 2. The lowest BCUT2D eigenvalue weighted by molar-refractivity contribution is -0.135. The Labute approximate surface area is 57.1 Å². The molecule has 0 radical (unpaired) electrons. The van der Waals surface area contributed by atoms with E-state index in [-0.39, 0.29) is 0 Å². The van der Waals surface area contributed by atoms with Crippen molar-refractivity contribution in [3.8, 4) is 0 Å². The van der Waals surface area contributed by atoms with E-state index in [1.54, 1.807) is 0 Å². The third-order valence-electron chi connectivity index (χ3n) is 0.726. The van der Waals surface area contributed by atoms with Crippen molar-refractivity contribution in [2.24, 2.45) is 5.90 Å². The topological polar surface area (TPSA) is 102 Å². The van der Waals surface area contributed by atoms with E-state index >= 15 is 0 Å². The monoisotopic (exact) mass is 151 g/mol. The van der Waals surface area contributed by atoms with Gasteiger partial charge < -0.3 is 19.8 Å². The number of aliphatic hydroxyl groups excluding tert-OH is 2. The fourth-order valence-corrected chi connectivity index (χ4v) is 0.225. The van der Waals surface area contributed by atoms with Gasteiger partial charge in [0.25, 0.3) is 0 Å². The molecule has 6 heteroatoms. The van der Waals surface area contributed by atoms with Crippen LogP contribution in [0.2, 0.25) is 0 Å². The molecule has 0 aromatic carbocycles. The summed E-state index contributed by atoms with van der Waals surface area (Å²) in [5.41, 5.74) is 0.